The molecule has 2 aromatic rings. The number of rotatable bonds is 3. The molecule has 2 aromatic carbocycles. The Hall–Kier alpha value is -1.88. The van der Waals surface area contributed by atoms with Gasteiger partial charge in [0.1, 0.15) is 23.2 Å². The van der Waals surface area contributed by atoms with Crippen LogP contribution in [-0.4, -0.2) is 5.84 Å². The SMILES string of the molecule is Cc1cc(Oc2cccc(Br)c2C(=N)N)ccc1F. The lowest BCUT2D eigenvalue weighted by molar-refractivity contribution is 0.478. The van der Waals surface area contributed by atoms with Crippen molar-refractivity contribution in [3.05, 3.63) is 57.8 Å². The maximum atomic E-state index is 13.2. The lowest BCUT2D eigenvalue weighted by Crippen LogP contribution is -2.13. The van der Waals surface area contributed by atoms with E-state index >= 15 is 0 Å². The minimum Gasteiger partial charge on any atom is -0.457 e. The van der Waals surface area contributed by atoms with E-state index in [0.29, 0.717) is 27.1 Å². The Kier molecular flexibility index (Phi) is 3.85. The Bertz CT molecular complexity index is 643. The van der Waals surface area contributed by atoms with Crippen LogP contribution >= 0.6 is 15.9 Å². The van der Waals surface area contributed by atoms with Gasteiger partial charge in [-0.25, -0.2) is 4.39 Å². The van der Waals surface area contributed by atoms with E-state index in [-0.39, 0.29) is 11.7 Å². The molecule has 19 heavy (non-hydrogen) atoms. The standard InChI is InChI=1S/C14H12BrFN2O/c1-8-7-9(5-6-11(8)16)19-12-4-2-3-10(15)13(12)14(17)18/h2-7H,1H3,(H3,17,18). The molecular weight excluding hydrogens is 311 g/mol. The summed E-state index contributed by atoms with van der Waals surface area (Å²) < 4.78 is 19.5. The van der Waals surface area contributed by atoms with Gasteiger partial charge in [-0.15, -0.1) is 0 Å². The lowest BCUT2D eigenvalue weighted by atomic mass is 10.2. The van der Waals surface area contributed by atoms with Crippen LogP contribution in [-0.2, 0) is 0 Å². The summed E-state index contributed by atoms with van der Waals surface area (Å²) in [5.74, 6) is 0.571. The largest absolute Gasteiger partial charge is 0.457 e. The van der Waals surface area contributed by atoms with Gasteiger partial charge in [0, 0.05) is 4.47 Å². The van der Waals surface area contributed by atoms with Crippen molar-refractivity contribution in [1.29, 1.82) is 5.41 Å². The summed E-state index contributed by atoms with van der Waals surface area (Å²) in [5, 5.41) is 7.57. The molecule has 5 heteroatoms. The van der Waals surface area contributed by atoms with E-state index in [1.807, 2.05) is 0 Å². The highest BCUT2D eigenvalue weighted by molar-refractivity contribution is 9.10. The van der Waals surface area contributed by atoms with Crippen molar-refractivity contribution in [3.63, 3.8) is 0 Å². The predicted octanol–water partition coefficient (Wildman–Crippen LogP) is 3.97. The third-order valence-corrected chi connectivity index (χ3v) is 3.26. The van der Waals surface area contributed by atoms with Crippen LogP contribution < -0.4 is 10.5 Å². The molecule has 0 atom stereocenters. The first-order chi connectivity index (χ1) is 8.99. The van der Waals surface area contributed by atoms with Gasteiger partial charge < -0.3 is 10.5 Å². The highest BCUT2D eigenvalue weighted by Crippen LogP contribution is 2.30. The molecule has 0 heterocycles. The van der Waals surface area contributed by atoms with Crippen molar-refractivity contribution < 1.29 is 9.13 Å². The molecule has 0 saturated heterocycles. The molecule has 0 aliphatic rings. The third kappa shape index (κ3) is 2.93. The fraction of sp³-hybridized carbons (Fsp3) is 0.0714. The predicted molar refractivity (Wildman–Crippen MR) is 76.4 cm³/mol. The van der Waals surface area contributed by atoms with Crippen molar-refractivity contribution in [1.82, 2.24) is 0 Å². The first-order valence-electron chi connectivity index (χ1n) is 5.56. The van der Waals surface area contributed by atoms with Crippen molar-refractivity contribution >= 4 is 21.8 Å². The molecule has 0 bridgehead atoms. The summed E-state index contributed by atoms with van der Waals surface area (Å²) in [5.41, 5.74) is 6.51. The summed E-state index contributed by atoms with van der Waals surface area (Å²) in [7, 11) is 0. The number of hydrogen-bond acceptors (Lipinski definition) is 2. The van der Waals surface area contributed by atoms with E-state index in [0.717, 1.165) is 0 Å². The Morgan fingerprint density at radius 2 is 2.05 bits per heavy atom. The Morgan fingerprint density at radius 3 is 2.68 bits per heavy atom. The van der Waals surface area contributed by atoms with Crippen LogP contribution in [0.15, 0.2) is 40.9 Å². The van der Waals surface area contributed by atoms with Crippen LogP contribution in [0.5, 0.6) is 11.5 Å². The maximum Gasteiger partial charge on any atom is 0.139 e. The van der Waals surface area contributed by atoms with Gasteiger partial charge in [-0.1, -0.05) is 6.07 Å². The molecule has 98 valence electrons. The number of amidine groups is 1. The van der Waals surface area contributed by atoms with Gasteiger partial charge in [-0.3, -0.25) is 5.41 Å². The fourth-order valence-electron chi connectivity index (χ4n) is 1.66. The molecule has 3 N–H and O–H groups in total. The molecule has 2 rings (SSSR count). The van der Waals surface area contributed by atoms with E-state index in [9.17, 15) is 4.39 Å². The van der Waals surface area contributed by atoms with E-state index < -0.39 is 0 Å². The second kappa shape index (κ2) is 5.40. The van der Waals surface area contributed by atoms with Gasteiger partial charge in [0.2, 0.25) is 0 Å². The highest BCUT2D eigenvalue weighted by atomic mass is 79.9. The summed E-state index contributed by atoms with van der Waals surface area (Å²) in [4.78, 5) is 0. The quantitative estimate of drug-likeness (QED) is 0.663. The number of nitrogens with two attached hydrogens (primary N) is 1. The van der Waals surface area contributed by atoms with Crippen LogP contribution in [0, 0.1) is 18.2 Å². The topological polar surface area (TPSA) is 59.1 Å². The monoisotopic (exact) mass is 322 g/mol. The maximum absolute atomic E-state index is 13.2. The molecule has 0 saturated carbocycles. The van der Waals surface area contributed by atoms with Gasteiger partial charge in [0.05, 0.1) is 5.56 Å². The van der Waals surface area contributed by atoms with Crippen LogP contribution in [0.25, 0.3) is 0 Å². The zero-order valence-electron chi connectivity index (χ0n) is 10.2. The van der Waals surface area contributed by atoms with Gasteiger partial charge in [0.25, 0.3) is 0 Å². The zero-order valence-corrected chi connectivity index (χ0v) is 11.8. The molecule has 0 fully saturated rings. The molecule has 0 radical (unpaired) electrons. The zero-order chi connectivity index (χ0) is 14.0. The van der Waals surface area contributed by atoms with Crippen molar-refractivity contribution in [2.75, 3.05) is 0 Å². The first-order valence-corrected chi connectivity index (χ1v) is 6.35. The number of nitrogens with one attached hydrogen (secondary N) is 1. The second-order valence-corrected chi connectivity index (χ2v) is 4.89. The first kappa shape index (κ1) is 13.5. The van der Waals surface area contributed by atoms with Crippen LogP contribution in [0.2, 0.25) is 0 Å². The lowest BCUT2D eigenvalue weighted by Gasteiger charge is -2.12. The molecule has 0 spiro atoms. The van der Waals surface area contributed by atoms with Crippen molar-refractivity contribution in [3.8, 4) is 11.5 Å². The normalized spacial score (nSPS) is 10.3. The number of hydrogen-bond donors (Lipinski definition) is 2. The number of halogens is 2. The van der Waals surface area contributed by atoms with E-state index in [4.69, 9.17) is 15.9 Å². The van der Waals surface area contributed by atoms with E-state index in [2.05, 4.69) is 15.9 Å². The van der Waals surface area contributed by atoms with Crippen molar-refractivity contribution in [2.24, 2.45) is 5.73 Å². The van der Waals surface area contributed by atoms with Crippen LogP contribution in [0.1, 0.15) is 11.1 Å². The average molecular weight is 323 g/mol. The minimum absolute atomic E-state index is 0.0960. The highest BCUT2D eigenvalue weighted by Gasteiger charge is 2.12. The van der Waals surface area contributed by atoms with E-state index in [1.165, 1.54) is 12.1 Å². The summed E-state index contributed by atoms with van der Waals surface area (Å²) >= 11 is 3.33. The molecule has 0 unspecified atom stereocenters. The fourth-order valence-corrected chi connectivity index (χ4v) is 2.22. The van der Waals surface area contributed by atoms with Crippen LogP contribution in [0.4, 0.5) is 4.39 Å². The van der Waals surface area contributed by atoms with Crippen molar-refractivity contribution in [2.45, 2.75) is 6.92 Å². The number of nitrogen functional groups attached to an aromatic ring is 1. The van der Waals surface area contributed by atoms with Gasteiger partial charge >= 0.3 is 0 Å². The Morgan fingerprint density at radius 1 is 1.32 bits per heavy atom. The van der Waals surface area contributed by atoms with Gasteiger partial charge in [-0.05, 0) is 58.7 Å². The third-order valence-electron chi connectivity index (χ3n) is 2.60. The molecular formula is C14H12BrFN2O. The average Bonchev–Trinajstić information content (AvgIpc) is 2.33. The van der Waals surface area contributed by atoms with Gasteiger partial charge in [-0.2, -0.15) is 0 Å². The van der Waals surface area contributed by atoms with E-state index in [1.54, 1.807) is 31.2 Å². The smallest absolute Gasteiger partial charge is 0.139 e. The number of ether oxygens (including phenoxy) is 1. The molecule has 0 aromatic heterocycles. The molecule has 0 amide bonds. The Balaban J connectivity index is 2.40. The minimum atomic E-state index is -0.284. The summed E-state index contributed by atoms with van der Waals surface area (Å²) in [6.45, 7) is 1.66. The Labute approximate surface area is 118 Å². The van der Waals surface area contributed by atoms with Crippen LogP contribution in [0.3, 0.4) is 0 Å². The number of benzene rings is 2. The summed E-state index contributed by atoms with van der Waals surface area (Å²) in [6.07, 6.45) is 0. The molecule has 3 nitrogen and oxygen atoms in total. The molecule has 0 aliphatic carbocycles. The summed E-state index contributed by atoms with van der Waals surface area (Å²) in [6, 6.07) is 9.74. The number of aryl methyl sites for hydroxylation is 1. The second-order valence-electron chi connectivity index (χ2n) is 4.04. The molecule has 0 aliphatic heterocycles. The van der Waals surface area contributed by atoms with Gasteiger partial charge in [0.15, 0.2) is 0 Å².